The van der Waals surface area contributed by atoms with Crippen molar-refractivity contribution in [1.82, 2.24) is 20.2 Å². The third-order valence-electron chi connectivity index (χ3n) is 5.11. The molecule has 1 aromatic carbocycles. The predicted octanol–water partition coefficient (Wildman–Crippen LogP) is 2.97. The Hall–Kier alpha value is -3.31. The van der Waals surface area contributed by atoms with Gasteiger partial charge in [-0.15, -0.1) is 11.3 Å². The van der Waals surface area contributed by atoms with Crippen molar-refractivity contribution in [3.05, 3.63) is 62.9 Å². The van der Waals surface area contributed by atoms with Crippen molar-refractivity contribution in [2.75, 3.05) is 19.5 Å². The number of hydrogen-bond donors (Lipinski definition) is 2. The Bertz CT molecular complexity index is 1300. The number of rotatable bonds is 7. The van der Waals surface area contributed by atoms with E-state index in [-0.39, 0.29) is 17.9 Å². The standard InChI is InChI=1S/C22H22N4O5S2/c1-4-31-20(28)16-15(11-33-22-25-18-14(9-10-32-18)19(27)26(22)2)23-21(29)24-17(16)12-5-7-13(30-3)8-6-12/h5-10,17H,4,11H2,1-3H3,(H2,23,24,29). The Morgan fingerprint density at radius 1 is 1.24 bits per heavy atom. The molecule has 3 aromatic rings. The molecule has 0 aliphatic carbocycles. The summed E-state index contributed by atoms with van der Waals surface area (Å²) in [6.07, 6.45) is 0. The van der Waals surface area contributed by atoms with Crippen LogP contribution in [0.25, 0.3) is 10.2 Å². The number of esters is 1. The quantitative estimate of drug-likeness (QED) is 0.300. The summed E-state index contributed by atoms with van der Waals surface area (Å²) in [7, 11) is 3.21. The minimum atomic E-state index is -0.698. The molecule has 33 heavy (non-hydrogen) atoms. The zero-order valence-electron chi connectivity index (χ0n) is 18.2. The van der Waals surface area contributed by atoms with Crippen molar-refractivity contribution in [2.45, 2.75) is 18.1 Å². The van der Waals surface area contributed by atoms with E-state index in [1.165, 1.54) is 27.7 Å². The lowest BCUT2D eigenvalue weighted by Gasteiger charge is -2.29. The predicted molar refractivity (Wildman–Crippen MR) is 127 cm³/mol. The smallest absolute Gasteiger partial charge is 0.338 e. The Morgan fingerprint density at radius 3 is 2.70 bits per heavy atom. The van der Waals surface area contributed by atoms with Crippen LogP contribution in [0.2, 0.25) is 0 Å². The molecule has 9 nitrogen and oxygen atoms in total. The lowest BCUT2D eigenvalue weighted by molar-refractivity contribution is -0.139. The summed E-state index contributed by atoms with van der Waals surface area (Å²) in [5.74, 6) is 0.343. The molecule has 2 N–H and O–H groups in total. The first-order chi connectivity index (χ1) is 15.9. The van der Waals surface area contributed by atoms with Crippen LogP contribution in [0, 0.1) is 0 Å². The second kappa shape index (κ2) is 9.67. The Morgan fingerprint density at radius 2 is 2.00 bits per heavy atom. The van der Waals surface area contributed by atoms with Crippen molar-refractivity contribution in [3.63, 3.8) is 0 Å². The SMILES string of the molecule is CCOC(=O)C1=C(CSc2nc3sccc3c(=O)n2C)NC(=O)NC1c1ccc(OC)cc1. The molecule has 172 valence electrons. The van der Waals surface area contributed by atoms with Crippen molar-refractivity contribution in [2.24, 2.45) is 7.05 Å². The van der Waals surface area contributed by atoms with Gasteiger partial charge in [0.15, 0.2) is 5.16 Å². The molecular weight excluding hydrogens is 464 g/mol. The van der Waals surface area contributed by atoms with Crippen LogP contribution in [0.15, 0.2) is 56.9 Å². The Labute approximate surface area is 197 Å². The van der Waals surface area contributed by atoms with E-state index >= 15 is 0 Å². The first-order valence-corrected chi connectivity index (χ1v) is 12.0. The largest absolute Gasteiger partial charge is 0.497 e. The molecule has 0 saturated carbocycles. The molecule has 2 amide bonds. The maximum Gasteiger partial charge on any atom is 0.338 e. The molecule has 11 heteroatoms. The van der Waals surface area contributed by atoms with Gasteiger partial charge in [-0.1, -0.05) is 23.9 Å². The van der Waals surface area contributed by atoms with Gasteiger partial charge in [0, 0.05) is 18.5 Å². The van der Waals surface area contributed by atoms with E-state index < -0.39 is 18.0 Å². The van der Waals surface area contributed by atoms with E-state index in [4.69, 9.17) is 9.47 Å². The molecule has 1 unspecified atom stereocenters. The van der Waals surface area contributed by atoms with Crippen LogP contribution in [0.1, 0.15) is 18.5 Å². The number of nitrogens with one attached hydrogen (secondary N) is 2. The summed E-state index contributed by atoms with van der Waals surface area (Å²) in [5, 5.41) is 8.41. The highest BCUT2D eigenvalue weighted by Crippen LogP contribution is 2.31. The Kier molecular flexibility index (Phi) is 6.70. The first-order valence-electron chi connectivity index (χ1n) is 10.1. The molecule has 3 heterocycles. The van der Waals surface area contributed by atoms with Crippen LogP contribution < -0.4 is 20.9 Å². The number of nitrogens with zero attached hydrogens (tertiary/aromatic N) is 2. The maximum absolute atomic E-state index is 12.9. The summed E-state index contributed by atoms with van der Waals surface area (Å²) in [6, 6.07) is 7.71. The number of benzene rings is 1. The van der Waals surface area contributed by atoms with Crippen molar-refractivity contribution in [1.29, 1.82) is 0 Å². The van der Waals surface area contributed by atoms with Gasteiger partial charge in [-0.2, -0.15) is 0 Å². The van der Waals surface area contributed by atoms with Gasteiger partial charge >= 0.3 is 12.0 Å². The second-order valence-electron chi connectivity index (χ2n) is 7.10. The molecule has 0 fully saturated rings. The van der Waals surface area contributed by atoms with E-state index in [1.54, 1.807) is 51.4 Å². The summed E-state index contributed by atoms with van der Waals surface area (Å²) in [5.41, 5.74) is 1.27. The summed E-state index contributed by atoms with van der Waals surface area (Å²) in [6.45, 7) is 1.91. The van der Waals surface area contributed by atoms with Gasteiger partial charge in [0.2, 0.25) is 0 Å². The number of ether oxygens (including phenoxy) is 2. The summed E-state index contributed by atoms with van der Waals surface area (Å²) in [4.78, 5) is 43.2. The third kappa shape index (κ3) is 4.60. The zero-order valence-corrected chi connectivity index (χ0v) is 19.8. The lowest BCUT2D eigenvalue weighted by Crippen LogP contribution is -2.46. The number of carbonyl (C=O) groups is 2. The number of methoxy groups -OCH3 is 1. The fourth-order valence-electron chi connectivity index (χ4n) is 3.47. The van der Waals surface area contributed by atoms with Crippen LogP contribution in [0.5, 0.6) is 5.75 Å². The average Bonchev–Trinajstić information content (AvgIpc) is 3.29. The molecule has 2 aromatic heterocycles. The summed E-state index contributed by atoms with van der Waals surface area (Å²) < 4.78 is 12.0. The van der Waals surface area contributed by atoms with Crippen LogP contribution in [-0.4, -0.2) is 41.0 Å². The van der Waals surface area contributed by atoms with E-state index in [0.29, 0.717) is 38.0 Å². The van der Waals surface area contributed by atoms with Crippen molar-refractivity contribution < 1.29 is 19.1 Å². The van der Waals surface area contributed by atoms with E-state index in [9.17, 15) is 14.4 Å². The molecule has 0 bridgehead atoms. The molecule has 1 atom stereocenters. The first kappa shape index (κ1) is 22.9. The van der Waals surface area contributed by atoms with Gasteiger partial charge < -0.3 is 20.1 Å². The molecule has 4 rings (SSSR count). The fourth-order valence-corrected chi connectivity index (χ4v) is 5.22. The topological polar surface area (TPSA) is 112 Å². The van der Waals surface area contributed by atoms with Crippen LogP contribution in [0.4, 0.5) is 4.79 Å². The van der Waals surface area contributed by atoms with Gasteiger partial charge in [0.25, 0.3) is 5.56 Å². The number of aromatic nitrogens is 2. The highest BCUT2D eigenvalue weighted by molar-refractivity contribution is 7.99. The fraction of sp³-hybridized carbons (Fsp3) is 0.273. The molecular formula is C22H22N4O5S2. The summed E-state index contributed by atoms with van der Waals surface area (Å²) >= 11 is 2.65. The van der Waals surface area contributed by atoms with Gasteiger partial charge in [-0.3, -0.25) is 9.36 Å². The normalized spacial score (nSPS) is 15.8. The van der Waals surface area contributed by atoms with Gasteiger partial charge in [-0.05, 0) is 36.1 Å². The van der Waals surface area contributed by atoms with Crippen LogP contribution in [0.3, 0.4) is 0 Å². The van der Waals surface area contributed by atoms with Crippen LogP contribution >= 0.6 is 23.1 Å². The number of thiophene rings is 1. The highest BCUT2D eigenvalue weighted by atomic mass is 32.2. The Balaban J connectivity index is 1.71. The molecule has 1 aliphatic rings. The van der Waals surface area contributed by atoms with Gasteiger partial charge in [-0.25, -0.2) is 14.6 Å². The third-order valence-corrected chi connectivity index (χ3v) is 6.97. The number of carbonyl (C=O) groups excluding carboxylic acids is 2. The highest BCUT2D eigenvalue weighted by Gasteiger charge is 2.34. The number of thioether (sulfide) groups is 1. The number of hydrogen-bond acceptors (Lipinski definition) is 8. The minimum Gasteiger partial charge on any atom is -0.497 e. The second-order valence-corrected chi connectivity index (χ2v) is 8.94. The van der Waals surface area contributed by atoms with Gasteiger partial charge in [0.1, 0.15) is 10.6 Å². The number of urea groups is 1. The van der Waals surface area contributed by atoms with E-state index in [2.05, 4.69) is 15.6 Å². The number of amides is 2. The average molecular weight is 487 g/mol. The van der Waals surface area contributed by atoms with E-state index in [1.807, 2.05) is 5.38 Å². The molecule has 0 spiro atoms. The maximum atomic E-state index is 12.9. The molecule has 0 radical (unpaired) electrons. The zero-order chi connectivity index (χ0) is 23.5. The molecule has 0 saturated heterocycles. The number of fused-ring (bicyclic) bond motifs is 1. The van der Waals surface area contributed by atoms with Crippen molar-refractivity contribution in [3.8, 4) is 5.75 Å². The molecule has 1 aliphatic heterocycles. The lowest BCUT2D eigenvalue weighted by atomic mass is 9.95. The monoisotopic (exact) mass is 486 g/mol. The van der Waals surface area contributed by atoms with Crippen LogP contribution in [-0.2, 0) is 16.6 Å². The van der Waals surface area contributed by atoms with E-state index in [0.717, 1.165) is 0 Å². The van der Waals surface area contributed by atoms with Crippen molar-refractivity contribution >= 4 is 45.3 Å². The van der Waals surface area contributed by atoms with Gasteiger partial charge in [0.05, 0.1) is 30.7 Å². The minimum absolute atomic E-state index is 0.145.